The molecule has 3 N–H and O–H groups in total. The number of amides is 2. The molecule has 0 heterocycles. The number of aliphatic hydroxyl groups is 1. The van der Waals surface area contributed by atoms with Crippen LogP contribution in [0.1, 0.15) is 24.5 Å². The molecule has 0 aliphatic heterocycles. The van der Waals surface area contributed by atoms with E-state index in [1.165, 1.54) is 0 Å². The number of ether oxygens (including phenoxy) is 1. The van der Waals surface area contributed by atoms with Gasteiger partial charge in [-0.3, -0.25) is 0 Å². The number of hydrogen-bond donors (Lipinski definition) is 3. The van der Waals surface area contributed by atoms with E-state index in [1.54, 1.807) is 0 Å². The van der Waals surface area contributed by atoms with Gasteiger partial charge in [0.15, 0.2) is 0 Å². The third kappa shape index (κ3) is 5.16. The summed E-state index contributed by atoms with van der Waals surface area (Å²) in [7, 11) is 0. The molecule has 1 aromatic carbocycles. The zero-order valence-corrected chi connectivity index (χ0v) is 12.9. The normalized spacial score (nSPS) is 20.1. The molecule has 1 aliphatic carbocycles. The Labute approximate surface area is 131 Å². The van der Waals surface area contributed by atoms with Gasteiger partial charge in [-0.1, -0.05) is 36.4 Å². The molecular weight excluding hydrogens is 280 g/mol. The van der Waals surface area contributed by atoms with Crippen molar-refractivity contribution >= 4 is 6.03 Å². The van der Waals surface area contributed by atoms with Gasteiger partial charge in [0.1, 0.15) is 0 Å². The Balaban J connectivity index is 1.71. The van der Waals surface area contributed by atoms with Crippen molar-refractivity contribution < 1.29 is 14.6 Å². The van der Waals surface area contributed by atoms with Crippen LogP contribution in [-0.4, -0.2) is 30.4 Å². The fourth-order valence-electron chi connectivity index (χ4n) is 2.39. The molecule has 2 atom stereocenters. The SMILES string of the molecule is CCOCc1ccc(CNC(=O)N[C@@H]2C=C[C@H](CO)C2)cc1. The zero-order chi connectivity index (χ0) is 15.8. The summed E-state index contributed by atoms with van der Waals surface area (Å²) in [5.74, 6) is 0.156. The highest BCUT2D eigenvalue weighted by atomic mass is 16.5. The number of hydrogen-bond acceptors (Lipinski definition) is 3. The first kappa shape index (κ1) is 16.5. The monoisotopic (exact) mass is 304 g/mol. The van der Waals surface area contributed by atoms with E-state index in [2.05, 4.69) is 10.6 Å². The quantitative estimate of drug-likeness (QED) is 0.674. The molecule has 0 fully saturated rings. The molecule has 120 valence electrons. The fraction of sp³-hybridized carbons (Fsp3) is 0.471. The van der Waals surface area contributed by atoms with Crippen molar-refractivity contribution in [1.29, 1.82) is 0 Å². The summed E-state index contributed by atoms with van der Waals surface area (Å²) in [6, 6.07) is 7.82. The predicted octanol–water partition coefficient (Wildman–Crippen LogP) is 1.96. The molecule has 0 radical (unpaired) electrons. The van der Waals surface area contributed by atoms with Crippen LogP contribution in [0, 0.1) is 5.92 Å². The van der Waals surface area contributed by atoms with Gasteiger partial charge in [0, 0.05) is 31.7 Å². The Kier molecular flexibility index (Phi) is 6.43. The molecule has 0 saturated carbocycles. The smallest absolute Gasteiger partial charge is 0.315 e. The first-order chi connectivity index (χ1) is 10.7. The van der Waals surface area contributed by atoms with Crippen molar-refractivity contribution in [2.75, 3.05) is 13.2 Å². The molecular formula is C17H24N2O3. The predicted molar refractivity (Wildman–Crippen MR) is 85.3 cm³/mol. The van der Waals surface area contributed by atoms with Crippen molar-refractivity contribution in [1.82, 2.24) is 10.6 Å². The van der Waals surface area contributed by atoms with E-state index in [0.29, 0.717) is 19.8 Å². The average molecular weight is 304 g/mol. The minimum atomic E-state index is -0.188. The summed E-state index contributed by atoms with van der Waals surface area (Å²) in [6.07, 6.45) is 4.64. The largest absolute Gasteiger partial charge is 0.396 e. The molecule has 1 aromatic rings. The van der Waals surface area contributed by atoms with Gasteiger partial charge in [0.05, 0.1) is 6.61 Å². The summed E-state index contributed by atoms with van der Waals surface area (Å²) in [5, 5.41) is 14.8. The van der Waals surface area contributed by atoms with Gasteiger partial charge in [-0.15, -0.1) is 0 Å². The van der Waals surface area contributed by atoms with Crippen LogP contribution in [0.3, 0.4) is 0 Å². The highest BCUT2D eigenvalue weighted by molar-refractivity contribution is 5.74. The first-order valence-electron chi connectivity index (χ1n) is 7.70. The maximum absolute atomic E-state index is 11.8. The highest BCUT2D eigenvalue weighted by Crippen LogP contribution is 2.16. The average Bonchev–Trinajstić information content (AvgIpc) is 2.99. The van der Waals surface area contributed by atoms with Gasteiger partial charge in [-0.05, 0) is 24.5 Å². The van der Waals surface area contributed by atoms with Gasteiger partial charge in [0.25, 0.3) is 0 Å². The molecule has 2 amide bonds. The van der Waals surface area contributed by atoms with Gasteiger partial charge in [-0.2, -0.15) is 0 Å². The van der Waals surface area contributed by atoms with Crippen LogP contribution in [-0.2, 0) is 17.9 Å². The van der Waals surface area contributed by atoms with Crippen LogP contribution >= 0.6 is 0 Å². The van der Waals surface area contributed by atoms with E-state index >= 15 is 0 Å². The van der Waals surface area contributed by atoms with Crippen LogP contribution in [0.4, 0.5) is 4.79 Å². The summed E-state index contributed by atoms with van der Waals surface area (Å²) in [5.41, 5.74) is 2.17. The van der Waals surface area contributed by atoms with Gasteiger partial charge in [-0.25, -0.2) is 4.79 Å². The van der Waals surface area contributed by atoms with E-state index in [-0.39, 0.29) is 24.6 Å². The molecule has 0 aromatic heterocycles. The molecule has 1 aliphatic rings. The minimum Gasteiger partial charge on any atom is -0.396 e. The van der Waals surface area contributed by atoms with E-state index < -0.39 is 0 Å². The van der Waals surface area contributed by atoms with E-state index in [4.69, 9.17) is 9.84 Å². The second-order valence-corrected chi connectivity index (χ2v) is 5.45. The van der Waals surface area contributed by atoms with Gasteiger partial charge in [0.2, 0.25) is 0 Å². The molecule has 5 heteroatoms. The number of aliphatic hydroxyl groups excluding tert-OH is 1. The summed E-state index contributed by atoms with van der Waals surface area (Å²) < 4.78 is 5.35. The number of rotatable bonds is 7. The molecule has 0 unspecified atom stereocenters. The van der Waals surface area contributed by atoms with Crippen LogP contribution in [0.15, 0.2) is 36.4 Å². The summed E-state index contributed by atoms with van der Waals surface area (Å²) in [4.78, 5) is 11.8. The Hall–Kier alpha value is -1.85. The second kappa shape index (κ2) is 8.56. The Morgan fingerprint density at radius 2 is 2.00 bits per heavy atom. The molecule has 0 spiro atoms. The Bertz CT molecular complexity index is 499. The number of urea groups is 1. The lowest BCUT2D eigenvalue weighted by Crippen LogP contribution is -2.40. The van der Waals surface area contributed by atoms with Crippen molar-refractivity contribution in [3.63, 3.8) is 0 Å². The zero-order valence-electron chi connectivity index (χ0n) is 12.9. The fourth-order valence-corrected chi connectivity index (χ4v) is 2.39. The van der Waals surface area contributed by atoms with E-state index in [0.717, 1.165) is 17.5 Å². The van der Waals surface area contributed by atoms with Gasteiger partial charge >= 0.3 is 6.03 Å². The molecule has 0 bridgehead atoms. The maximum atomic E-state index is 11.8. The van der Waals surface area contributed by atoms with E-state index in [1.807, 2.05) is 43.3 Å². The van der Waals surface area contributed by atoms with Crippen molar-refractivity contribution in [3.05, 3.63) is 47.5 Å². The van der Waals surface area contributed by atoms with Crippen LogP contribution in [0.5, 0.6) is 0 Å². The van der Waals surface area contributed by atoms with Crippen LogP contribution in [0.25, 0.3) is 0 Å². The lowest BCUT2D eigenvalue weighted by Gasteiger charge is -2.13. The number of nitrogens with one attached hydrogen (secondary N) is 2. The minimum absolute atomic E-state index is 0.00530. The van der Waals surface area contributed by atoms with Crippen molar-refractivity contribution in [2.24, 2.45) is 5.92 Å². The van der Waals surface area contributed by atoms with Crippen LogP contribution in [0.2, 0.25) is 0 Å². The highest BCUT2D eigenvalue weighted by Gasteiger charge is 2.19. The summed E-state index contributed by atoms with van der Waals surface area (Å²) >= 11 is 0. The first-order valence-corrected chi connectivity index (χ1v) is 7.70. The lowest BCUT2D eigenvalue weighted by molar-refractivity contribution is 0.134. The maximum Gasteiger partial charge on any atom is 0.315 e. The summed E-state index contributed by atoms with van der Waals surface area (Å²) in [6.45, 7) is 3.91. The van der Waals surface area contributed by atoms with E-state index in [9.17, 15) is 4.79 Å². The van der Waals surface area contributed by atoms with Gasteiger partial charge < -0.3 is 20.5 Å². The number of carbonyl (C=O) groups is 1. The Morgan fingerprint density at radius 3 is 2.64 bits per heavy atom. The molecule has 2 rings (SSSR count). The molecule has 0 saturated heterocycles. The van der Waals surface area contributed by atoms with Crippen molar-refractivity contribution in [2.45, 2.75) is 32.5 Å². The topological polar surface area (TPSA) is 70.6 Å². The number of carbonyl (C=O) groups excluding carboxylic acids is 1. The standard InChI is InChI=1S/C17H24N2O3/c1-2-22-12-14-5-3-13(4-6-14)10-18-17(21)19-16-8-7-15(9-16)11-20/h3-8,15-16,20H,2,9-12H2,1H3,(H2,18,19,21)/t15-,16+/m0/s1. The number of benzene rings is 1. The third-order valence-electron chi connectivity index (χ3n) is 3.67. The second-order valence-electron chi connectivity index (χ2n) is 5.45. The Morgan fingerprint density at radius 1 is 1.27 bits per heavy atom. The molecule has 22 heavy (non-hydrogen) atoms. The third-order valence-corrected chi connectivity index (χ3v) is 3.67. The van der Waals surface area contributed by atoms with Crippen LogP contribution < -0.4 is 10.6 Å². The molecule has 5 nitrogen and oxygen atoms in total. The van der Waals surface area contributed by atoms with Crippen molar-refractivity contribution in [3.8, 4) is 0 Å². The lowest BCUT2D eigenvalue weighted by atomic mass is 10.1.